The molecule has 0 aromatic carbocycles. The predicted octanol–water partition coefficient (Wildman–Crippen LogP) is 0.780. The van der Waals surface area contributed by atoms with Crippen LogP contribution in [0.15, 0.2) is 6.07 Å². The first kappa shape index (κ1) is 12.7. The van der Waals surface area contributed by atoms with Crippen molar-refractivity contribution >= 4 is 5.97 Å². The monoisotopic (exact) mass is 225 g/mol. The maximum Gasteiger partial charge on any atom is 0.322 e. The largest absolute Gasteiger partial charge is 0.465 e. The van der Waals surface area contributed by atoms with Crippen LogP contribution in [0.25, 0.3) is 0 Å². The molecular formula is C11H19N3O2. The number of rotatable bonds is 5. The number of ether oxygens (including phenoxy) is 1. The fourth-order valence-corrected chi connectivity index (χ4v) is 1.53. The third-order valence-corrected chi connectivity index (χ3v) is 2.34. The maximum atomic E-state index is 11.3. The Balaban J connectivity index is 2.45. The number of nitrogens with zero attached hydrogens (tertiary/aromatic N) is 2. The molecule has 0 fully saturated rings. The molecule has 16 heavy (non-hydrogen) atoms. The van der Waals surface area contributed by atoms with E-state index in [4.69, 9.17) is 10.5 Å². The Bertz CT molecular complexity index is 360. The zero-order valence-electron chi connectivity index (χ0n) is 10.1. The zero-order valence-corrected chi connectivity index (χ0v) is 10.1. The van der Waals surface area contributed by atoms with E-state index >= 15 is 0 Å². The van der Waals surface area contributed by atoms with Gasteiger partial charge < -0.3 is 10.5 Å². The van der Waals surface area contributed by atoms with Crippen molar-refractivity contribution in [2.24, 2.45) is 5.73 Å². The minimum atomic E-state index is -0.566. The molecule has 0 aliphatic heterocycles. The van der Waals surface area contributed by atoms with Crippen molar-refractivity contribution in [1.82, 2.24) is 9.78 Å². The molecule has 0 saturated carbocycles. The molecular weight excluding hydrogens is 206 g/mol. The van der Waals surface area contributed by atoms with Gasteiger partial charge in [-0.3, -0.25) is 9.48 Å². The molecule has 5 heteroatoms. The van der Waals surface area contributed by atoms with Gasteiger partial charge in [0.1, 0.15) is 6.04 Å². The second-order valence-corrected chi connectivity index (χ2v) is 3.80. The average molecular weight is 225 g/mol. The molecule has 0 spiro atoms. The summed E-state index contributed by atoms with van der Waals surface area (Å²) < 4.78 is 6.69. The molecule has 1 aromatic heterocycles. The smallest absolute Gasteiger partial charge is 0.322 e. The van der Waals surface area contributed by atoms with Crippen molar-refractivity contribution in [2.45, 2.75) is 39.8 Å². The molecule has 1 aromatic rings. The Morgan fingerprint density at radius 2 is 2.31 bits per heavy atom. The number of carbonyl (C=O) groups excluding carboxylic acids is 1. The summed E-state index contributed by atoms with van der Waals surface area (Å²) in [5.74, 6) is -0.343. The highest BCUT2D eigenvalue weighted by Crippen LogP contribution is 2.04. The molecule has 0 aliphatic rings. The summed E-state index contributed by atoms with van der Waals surface area (Å²) >= 11 is 0. The molecule has 0 bridgehead atoms. The SMILES string of the molecule is CCOC(=O)C(N)CCn1nc(C)cc1C. The van der Waals surface area contributed by atoms with E-state index in [9.17, 15) is 4.79 Å². The van der Waals surface area contributed by atoms with Gasteiger partial charge in [0, 0.05) is 12.2 Å². The van der Waals surface area contributed by atoms with Gasteiger partial charge in [-0.15, -0.1) is 0 Å². The van der Waals surface area contributed by atoms with Crippen LogP contribution < -0.4 is 5.73 Å². The number of hydrogen-bond donors (Lipinski definition) is 1. The van der Waals surface area contributed by atoms with Gasteiger partial charge in [-0.05, 0) is 33.3 Å². The van der Waals surface area contributed by atoms with E-state index in [0.29, 0.717) is 19.6 Å². The minimum Gasteiger partial charge on any atom is -0.465 e. The fourth-order valence-electron chi connectivity index (χ4n) is 1.53. The molecule has 0 radical (unpaired) electrons. The van der Waals surface area contributed by atoms with Crippen LogP contribution in [0, 0.1) is 13.8 Å². The molecule has 1 atom stereocenters. The van der Waals surface area contributed by atoms with Gasteiger partial charge in [0.2, 0.25) is 0 Å². The van der Waals surface area contributed by atoms with Gasteiger partial charge in [0.25, 0.3) is 0 Å². The Morgan fingerprint density at radius 1 is 1.62 bits per heavy atom. The van der Waals surface area contributed by atoms with Crippen LogP contribution in [-0.4, -0.2) is 28.4 Å². The fraction of sp³-hybridized carbons (Fsp3) is 0.636. The summed E-state index contributed by atoms with van der Waals surface area (Å²) in [5.41, 5.74) is 7.74. The standard InChI is InChI=1S/C11H19N3O2/c1-4-16-11(15)10(12)5-6-14-9(3)7-8(2)13-14/h7,10H,4-6,12H2,1-3H3. The lowest BCUT2D eigenvalue weighted by Gasteiger charge is -2.11. The first-order valence-electron chi connectivity index (χ1n) is 5.48. The van der Waals surface area contributed by atoms with Crippen LogP contribution in [0.5, 0.6) is 0 Å². The van der Waals surface area contributed by atoms with Crippen LogP contribution >= 0.6 is 0 Å². The van der Waals surface area contributed by atoms with Gasteiger partial charge >= 0.3 is 5.97 Å². The first-order chi connectivity index (χ1) is 7.54. The van der Waals surface area contributed by atoms with Crippen LogP contribution in [-0.2, 0) is 16.1 Å². The van der Waals surface area contributed by atoms with Crippen LogP contribution in [0.1, 0.15) is 24.7 Å². The Morgan fingerprint density at radius 3 is 2.81 bits per heavy atom. The van der Waals surface area contributed by atoms with E-state index in [0.717, 1.165) is 11.4 Å². The van der Waals surface area contributed by atoms with Gasteiger partial charge in [0.05, 0.1) is 12.3 Å². The topological polar surface area (TPSA) is 70.1 Å². The van der Waals surface area contributed by atoms with E-state index in [1.54, 1.807) is 6.92 Å². The summed E-state index contributed by atoms with van der Waals surface area (Å²) in [6, 6.07) is 1.43. The van der Waals surface area contributed by atoms with E-state index in [-0.39, 0.29) is 5.97 Å². The number of nitrogens with two attached hydrogens (primary N) is 1. The Kier molecular flexibility index (Phi) is 4.49. The van der Waals surface area contributed by atoms with Gasteiger partial charge in [0.15, 0.2) is 0 Å². The zero-order chi connectivity index (χ0) is 12.1. The van der Waals surface area contributed by atoms with Crippen molar-refractivity contribution in [3.8, 4) is 0 Å². The van der Waals surface area contributed by atoms with Crippen LogP contribution in [0.4, 0.5) is 0 Å². The first-order valence-corrected chi connectivity index (χ1v) is 5.48. The van der Waals surface area contributed by atoms with Crippen molar-refractivity contribution in [3.05, 3.63) is 17.5 Å². The molecule has 2 N–H and O–H groups in total. The van der Waals surface area contributed by atoms with Gasteiger partial charge in [-0.1, -0.05) is 0 Å². The lowest BCUT2D eigenvalue weighted by Crippen LogP contribution is -2.33. The number of aromatic nitrogens is 2. The summed E-state index contributed by atoms with van der Waals surface area (Å²) in [4.78, 5) is 11.3. The van der Waals surface area contributed by atoms with Crippen molar-refractivity contribution in [2.75, 3.05) is 6.61 Å². The maximum absolute atomic E-state index is 11.3. The summed E-state index contributed by atoms with van der Waals surface area (Å²) in [5, 5.41) is 4.30. The molecule has 0 amide bonds. The van der Waals surface area contributed by atoms with E-state index < -0.39 is 6.04 Å². The number of carbonyl (C=O) groups is 1. The summed E-state index contributed by atoms with van der Waals surface area (Å²) in [6.45, 7) is 6.70. The second-order valence-electron chi connectivity index (χ2n) is 3.80. The molecule has 1 rings (SSSR count). The highest BCUT2D eigenvalue weighted by molar-refractivity contribution is 5.75. The Hall–Kier alpha value is -1.36. The summed E-state index contributed by atoms with van der Waals surface area (Å²) in [6.07, 6.45) is 0.542. The van der Waals surface area contributed by atoms with Crippen LogP contribution in [0.3, 0.4) is 0 Å². The molecule has 0 aliphatic carbocycles. The van der Waals surface area contributed by atoms with Crippen molar-refractivity contribution < 1.29 is 9.53 Å². The number of aryl methyl sites for hydroxylation is 3. The lowest BCUT2D eigenvalue weighted by molar-refractivity contribution is -0.144. The second kappa shape index (κ2) is 5.65. The molecule has 1 heterocycles. The van der Waals surface area contributed by atoms with Gasteiger partial charge in [-0.25, -0.2) is 0 Å². The highest BCUT2D eigenvalue weighted by Gasteiger charge is 2.14. The number of esters is 1. The lowest BCUT2D eigenvalue weighted by atomic mass is 10.2. The molecule has 90 valence electrons. The number of hydrogen-bond acceptors (Lipinski definition) is 4. The van der Waals surface area contributed by atoms with Crippen LogP contribution in [0.2, 0.25) is 0 Å². The van der Waals surface area contributed by atoms with Crippen molar-refractivity contribution in [1.29, 1.82) is 0 Å². The summed E-state index contributed by atoms with van der Waals surface area (Å²) in [7, 11) is 0. The third kappa shape index (κ3) is 3.34. The van der Waals surface area contributed by atoms with E-state index in [1.807, 2.05) is 24.6 Å². The molecule has 1 unspecified atom stereocenters. The Labute approximate surface area is 95.6 Å². The quantitative estimate of drug-likeness (QED) is 0.752. The predicted molar refractivity (Wildman–Crippen MR) is 60.9 cm³/mol. The molecule has 5 nitrogen and oxygen atoms in total. The average Bonchev–Trinajstić information content (AvgIpc) is 2.54. The highest BCUT2D eigenvalue weighted by atomic mass is 16.5. The van der Waals surface area contributed by atoms with Gasteiger partial charge in [-0.2, -0.15) is 5.10 Å². The minimum absolute atomic E-state index is 0.343. The van der Waals surface area contributed by atoms with E-state index in [1.165, 1.54) is 0 Å². The van der Waals surface area contributed by atoms with E-state index in [2.05, 4.69) is 5.10 Å². The normalized spacial score (nSPS) is 12.5. The third-order valence-electron chi connectivity index (χ3n) is 2.34. The molecule has 0 saturated heterocycles. The van der Waals surface area contributed by atoms with Crippen molar-refractivity contribution in [3.63, 3.8) is 0 Å².